The van der Waals surface area contributed by atoms with Crippen molar-refractivity contribution in [1.82, 2.24) is 15.5 Å². The Labute approximate surface area is 162 Å². The summed E-state index contributed by atoms with van der Waals surface area (Å²) in [6, 6.07) is 4.30. The molecule has 0 bridgehead atoms. The van der Waals surface area contributed by atoms with Gasteiger partial charge in [0.1, 0.15) is 0 Å². The number of hydrogen-bond donors (Lipinski definition) is 2. The van der Waals surface area contributed by atoms with E-state index < -0.39 is 0 Å². The summed E-state index contributed by atoms with van der Waals surface area (Å²) in [6.07, 6.45) is 3.61. The van der Waals surface area contributed by atoms with E-state index in [0.717, 1.165) is 37.9 Å². The molecular weight excluding hydrogens is 419 g/mol. The molecule has 0 amide bonds. The summed E-state index contributed by atoms with van der Waals surface area (Å²) in [5, 5.41) is 8.94. The first kappa shape index (κ1) is 20.7. The second kappa shape index (κ2) is 12.1. The van der Waals surface area contributed by atoms with Crippen LogP contribution in [0.1, 0.15) is 31.6 Å². The van der Waals surface area contributed by atoms with Gasteiger partial charge in [0.15, 0.2) is 5.96 Å². The molecular formula is C17H31IN4S. The Morgan fingerprint density at radius 3 is 2.96 bits per heavy atom. The summed E-state index contributed by atoms with van der Waals surface area (Å²) in [4.78, 5) is 8.77. The molecule has 6 heteroatoms. The number of nitrogens with one attached hydrogen (secondary N) is 2. The predicted molar refractivity (Wildman–Crippen MR) is 112 cm³/mol. The van der Waals surface area contributed by atoms with Crippen LogP contribution in [0.5, 0.6) is 0 Å². The number of halogens is 1. The van der Waals surface area contributed by atoms with Crippen LogP contribution in [0.15, 0.2) is 22.5 Å². The lowest BCUT2D eigenvalue weighted by Gasteiger charge is -2.14. The molecule has 0 spiro atoms. The smallest absolute Gasteiger partial charge is 0.191 e. The van der Waals surface area contributed by atoms with Crippen LogP contribution in [0.3, 0.4) is 0 Å². The average Bonchev–Trinajstić information content (AvgIpc) is 3.17. The summed E-state index contributed by atoms with van der Waals surface area (Å²) < 4.78 is 0. The van der Waals surface area contributed by atoms with Crippen molar-refractivity contribution in [2.45, 2.75) is 33.1 Å². The second-order valence-electron chi connectivity index (χ2n) is 5.93. The normalized spacial score (nSPS) is 18.7. The summed E-state index contributed by atoms with van der Waals surface area (Å²) in [7, 11) is 0. The first-order chi connectivity index (χ1) is 10.8. The molecule has 0 saturated carbocycles. The number of aliphatic imine (C=N–C) groups is 1. The van der Waals surface area contributed by atoms with Gasteiger partial charge in [-0.05, 0) is 56.6 Å². The molecule has 0 aliphatic carbocycles. The van der Waals surface area contributed by atoms with E-state index in [1.54, 1.807) is 0 Å². The van der Waals surface area contributed by atoms with E-state index in [9.17, 15) is 0 Å². The van der Waals surface area contributed by atoms with Gasteiger partial charge in [-0.15, -0.1) is 35.3 Å². The van der Waals surface area contributed by atoms with E-state index >= 15 is 0 Å². The van der Waals surface area contributed by atoms with Crippen LogP contribution in [0.2, 0.25) is 0 Å². The number of hydrogen-bond acceptors (Lipinski definition) is 3. The lowest BCUT2D eigenvalue weighted by atomic mass is 10.1. The monoisotopic (exact) mass is 450 g/mol. The Morgan fingerprint density at radius 2 is 2.26 bits per heavy atom. The van der Waals surface area contributed by atoms with Gasteiger partial charge in [-0.3, -0.25) is 4.99 Å². The van der Waals surface area contributed by atoms with Crippen LogP contribution < -0.4 is 10.6 Å². The Balaban J connectivity index is 0.00000264. The molecule has 2 rings (SSSR count). The minimum absolute atomic E-state index is 0. The molecule has 1 unspecified atom stereocenters. The first-order valence-electron chi connectivity index (χ1n) is 8.58. The zero-order valence-electron chi connectivity index (χ0n) is 14.4. The summed E-state index contributed by atoms with van der Waals surface area (Å²) in [5.74, 6) is 1.69. The maximum Gasteiger partial charge on any atom is 0.191 e. The molecule has 132 valence electrons. The molecule has 23 heavy (non-hydrogen) atoms. The third-order valence-corrected chi connectivity index (χ3v) is 4.94. The van der Waals surface area contributed by atoms with Gasteiger partial charge >= 0.3 is 0 Å². The highest BCUT2D eigenvalue weighted by Gasteiger charge is 2.21. The fourth-order valence-corrected chi connectivity index (χ4v) is 3.61. The van der Waals surface area contributed by atoms with E-state index in [4.69, 9.17) is 4.99 Å². The third-order valence-electron chi connectivity index (χ3n) is 4.01. The van der Waals surface area contributed by atoms with Crippen molar-refractivity contribution in [1.29, 1.82) is 0 Å². The van der Waals surface area contributed by atoms with Crippen molar-refractivity contribution in [2.75, 3.05) is 39.3 Å². The Kier molecular flexibility index (Phi) is 10.9. The average molecular weight is 450 g/mol. The largest absolute Gasteiger partial charge is 0.357 e. The Morgan fingerprint density at radius 1 is 1.39 bits per heavy atom. The van der Waals surface area contributed by atoms with E-state index in [0.29, 0.717) is 0 Å². The maximum atomic E-state index is 4.78. The molecule has 4 nitrogen and oxygen atoms in total. The lowest BCUT2D eigenvalue weighted by Crippen LogP contribution is -2.38. The van der Waals surface area contributed by atoms with Gasteiger partial charge < -0.3 is 15.5 Å². The molecule has 0 aromatic carbocycles. The van der Waals surface area contributed by atoms with Crippen molar-refractivity contribution >= 4 is 41.3 Å². The zero-order chi connectivity index (χ0) is 15.6. The van der Waals surface area contributed by atoms with Gasteiger partial charge in [-0.1, -0.05) is 13.0 Å². The molecule has 1 fully saturated rings. The molecule has 1 atom stereocenters. The lowest BCUT2D eigenvalue weighted by molar-refractivity contribution is 0.326. The minimum Gasteiger partial charge on any atom is -0.357 e. The van der Waals surface area contributed by atoms with E-state index in [1.807, 2.05) is 11.3 Å². The number of thiophene rings is 1. The summed E-state index contributed by atoms with van der Waals surface area (Å²) >= 11 is 1.82. The van der Waals surface area contributed by atoms with E-state index in [-0.39, 0.29) is 24.0 Å². The number of rotatable bonds is 8. The maximum absolute atomic E-state index is 4.78. The first-order valence-corrected chi connectivity index (χ1v) is 9.46. The van der Waals surface area contributed by atoms with Gasteiger partial charge in [0.05, 0.1) is 0 Å². The van der Waals surface area contributed by atoms with Gasteiger partial charge in [0.2, 0.25) is 0 Å². The highest BCUT2D eigenvalue weighted by Crippen LogP contribution is 2.16. The molecule has 1 saturated heterocycles. The number of nitrogens with zero attached hydrogens (tertiary/aromatic N) is 2. The van der Waals surface area contributed by atoms with E-state index in [1.165, 1.54) is 37.4 Å². The molecule has 1 aromatic rings. The molecule has 2 heterocycles. The van der Waals surface area contributed by atoms with Crippen molar-refractivity contribution in [3.63, 3.8) is 0 Å². The molecule has 1 aliphatic rings. The standard InChI is InChI=1S/C17H30N4S.HI/c1-3-10-21-11-8-15(14-21)13-20-17(18-4-2)19-9-7-16-6-5-12-22-16;/h5-6,12,15H,3-4,7-11,13-14H2,1-2H3,(H2,18,19,20);1H. The second-order valence-corrected chi connectivity index (χ2v) is 6.96. The van der Waals surface area contributed by atoms with Gasteiger partial charge in [-0.25, -0.2) is 0 Å². The Hall–Kier alpha value is -0.340. The van der Waals surface area contributed by atoms with Gasteiger partial charge in [0, 0.05) is 31.1 Å². The fraction of sp³-hybridized carbons (Fsp3) is 0.706. The molecule has 1 aliphatic heterocycles. The number of likely N-dealkylation sites (tertiary alicyclic amines) is 1. The molecule has 1 aromatic heterocycles. The highest BCUT2D eigenvalue weighted by atomic mass is 127. The summed E-state index contributed by atoms with van der Waals surface area (Å²) in [6.45, 7) is 10.9. The fourth-order valence-electron chi connectivity index (χ4n) is 2.90. The van der Waals surface area contributed by atoms with Crippen LogP contribution >= 0.6 is 35.3 Å². The van der Waals surface area contributed by atoms with Gasteiger partial charge in [-0.2, -0.15) is 0 Å². The van der Waals surface area contributed by atoms with Crippen LogP contribution in [-0.4, -0.2) is 50.1 Å². The topological polar surface area (TPSA) is 39.7 Å². The molecule has 0 radical (unpaired) electrons. The van der Waals surface area contributed by atoms with Crippen LogP contribution in [0.25, 0.3) is 0 Å². The SMILES string of the molecule is CCCN1CCC(CN=C(NCC)NCCc2cccs2)C1.I. The Bertz CT molecular complexity index is 436. The zero-order valence-corrected chi connectivity index (χ0v) is 17.5. The highest BCUT2D eigenvalue weighted by molar-refractivity contribution is 14.0. The van der Waals surface area contributed by atoms with Crippen molar-refractivity contribution in [2.24, 2.45) is 10.9 Å². The van der Waals surface area contributed by atoms with Crippen LogP contribution in [-0.2, 0) is 6.42 Å². The van der Waals surface area contributed by atoms with Crippen molar-refractivity contribution in [3.05, 3.63) is 22.4 Å². The predicted octanol–water partition coefficient (Wildman–Crippen LogP) is 3.20. The van der Waals surface area contributed by atoms with Crippen molar-refractivity contribution in [3.8, 4) is 0 Å². The summed E-state index contributed by atoms with van der Waals surface area (Å²) in [5.41, 5.74) is 0. The quantitative estimate of drug-likeness (QED) is 0.363. The number of guanidine groups is 1. The van der Waals surface area contributed by atoms with Crippen LogP contribution in [0.4, 0.5) is 0 Å². The third kappa shape index (κ3) is 7.85. The van der Waals surface area contributed by atoms with Crippen LogP contribution in [0, 0.1) is 5.92 Å². The van der Waals surface area contributed by atoms with E-state index in [2.05, 4.69) is 46.9 Å². The van der Waals surface area contributed by atoms with Gasteiger partial charge in [0.25, 0.3) is 0 Å². The van der Waals surface area contributed by atoms with Crippen molar-refractivity contribution < 1.29 is 0 Å². The molecule has 2 N–H and O–H groups in total. The minimum atomic E-state index is 0.